The van der Waals surface area contributed by atoms with Crippen LogP contribution in [0.5, 0.6) is 5.75 Å². The number of hydrogen-bond donors (Lipinski definition) is 3. The summed E-state index contributed by atoms with van der Waals surface area (Å²) in [5, 5.41) is 7.49. The number of nitrogens with zero attached hydrogens (tertiary/aromatic N) is 5. The van der Waals surface area contributed by atoms with Crippen molar-refractivity contribution < 1.29 is 4.74 Å². The highest BCUT2D eigenvalue weighted by molar-refractivity contribution is 5.91. The SMILES string of the molecule is COc1c(Nc2cc(N)nc3[nH]c(C)nc23)cccc1-c1ncnn1C. The Hall–Kier alpha value is -3.62. The minimum absolute atomic E-state index is 0.395. The molecular weight excluding hydrogens is 332 g/mol. The molecule has 0 aliphatic heterocycles. The van der Waals surface area contributed by atoms with Crippen LogP contribution in [0.3, 0.4) is 0 Å². The molecule has 0 amide bonds. The maximum atomic E-state index is 5.93. The largest absolute Gasteiger partial charge is 0.494 e. The van der Waals surface area contributed by atoms with Crippen LogP contribution in [-0.4, -0.2) is 36.8 Å². The Labute approximate surface area is 149 Å². The molecule has 9 heteroatoms. The summed E-state index contributed by atoms with van der Waals surface area (Å²) < 4.78 is 7.35. The molecule has 1 aromatic carbocycles. The van der Waals surface area contributed by atoms with Gasteiger partial charge in [0.1, 0.15) is 23.5 Å². The molecule has 4 aromatic rings. The van der Waals surface area contributed by atoms with Crippen molar-refractivity contribution in [2.45, 2.75) is 6.92 Å². The molecule has 3 heterocycles. The Morgan fingerprint density at radius 1 is 1.23 bits per heavy atom. The van der Waals surface area contributed by atoms with Crippen LogP contribution < -0.4 is 15.8 Å². The molecule has 0 radical (unpaired) electrons. The van der Waals surface area contributed by atoms with Gasteiger partial charge in [0.15, 0.2) is 17.2 Å². The molecule has 0 saturated carbocycles. The van der Waals surface area contributed by atoms with E-state index in [1.165, 1.54) is 6.33 Å². The monoisotopic (exact) mass is 350 g/mol. The number of aryl methyl sites for hydroxylation is 2. The molecule has 4 rings (SSSR count). The minimum Gasteiger partial charge on any atom is -0.494 e. The Morgan fingerprint density at radius 3 is 2.81 bits per heavy atom. The molecule has 4 N–H and O–H groups in total. The normalized spacial score (nSPS) is 11.0. The first kappa shape index (κ1) is 15.9. The van der Waals surface area contributed by atoms with Gasteiger partial charge >= 0.3 is 0 Å². The molecule has 9 nitrogen and oxygen atoms in total. The number of aromatic amines is 1. The predicted octanol–water partition coefficient (Wildman–Crippen LogP) is 2.40. The van der Waals surface area contributed by atoms with Crippen molar-refractivity contribution in [1.29, 1.82) is 0 Å². The molecule has 0 atom stereocenters. The highest BCUT2D eigenvalue weighted by atomic mass is 16.5. The van der Waals surface area contributed by atoms with Gasteiger partial charge in [0.05, 0.1) is 24.0 Å². The lowest BCUT2D eigenvalue weighted by Gasteiger charge is -2.15. The van der Waals surface area contributed by atoms with Crippen molar-refractivity contribution >= 4 is 28.4 Å². The van der Waals surface area contributed by atoms with Crippen molar-refractivity contribution in [3.63, 3.8) is 0 Å². The summed E-state index contributed by atoms with van der Waals surface area (Å²) in [5.41, 5.74) is 9.61. The number of anilines is 3. The second-order valence-electron chi connectivity index (χ2n) is 5.83. The fourth-order valence-electron chi connectivity index (χ4n) is 2.94. The van der Waals surface area contributed by atoms with Crippen LogP contribution in [0.25, 0.3) is 22.6 Å². The zero-order chi connectivity index (χ0) is 18.3. The molecule has 0 aliphatic carbocycles. The van der Waals surface area contributed by atoms with E-state index in [0.29, 0.717) is 28.6 Å². The van der Waals surface area contributed by atoms with E-state index in [9.17, 15) is 0 Å². The summed E-state index contributed by atoms with van der Waals surface area (Å²) in [6.07, 6.45) is 1.51. The fourth-order valence-corrected chi connectivity index (χ4v) is 2.94. The van der Waals surface area contributed by atoms with E-state index >= 15 is 0 Å². The lowest BCUT2D eigenvalue weighted by atomic mass is 10.1. The van der Waals surface area contributed by atoms with Gasteiger partial charge in [-0.3, -0.25) is 0 Å². The van der Waals surface area contributed by atoms with Gasteiger partial charge in [-0.2, -0.15) is 5.10 Å². The van der Waals surface area contributed by atoms with Crippen LogP contribution in [0.15, 0.2) is 30.6 Å². The van der Waals surface area contributed by atoms with Gasteiger partial charge in [-0.15, -0.1) is 0 Å². The number of nitrogens with two attached hydrogens (primary N) is 1. The summed E-state index contributed by atoms with van der Waals surface area (Å²) in [4.78, 5) is 16.2. The summed E-state index contributed by atoms with van der Waals surface area (Å²) in [5.74, 6) is 2.52. The van der Waals surface area contributed by atoms with E-state index in [1.54, 1.807) is 17.9 Å². The third-order valence-electron chi connectivity index (χ3n) is 4.03. The second kappa shape index (κ2) is 6.03. The van der Waals surface area contributed by atoms with Gasteiger partial charge in [-0.25, -0.2) is 19.6 Å². The number of methoxy groups -OCH3 is 1. The number of imidazole rings is 1. The standard InChI is InChI=1S/C17H18N8O/c1-9-21-14-12(7-13(18)24-16(14)22-9)23-11-6-4-5-10(15(11)26-3)17-19-8-20-25(17)2/h4-8H,1-3H3,(H4,18,21,22,23,24). The van der Waals surface area contributed by atoms with Gasteiger partial charge in [-0.05, 0) is 19.1 Å². The molecule has 26 heavy (non-hydrogen) atoms. The first-order valence-electron chi connectivity index (χ1n) is 7.98. The second-order valence-corrected chi connectivity index (χ2v) is 5.83. The number of fused-ring (bicyclic) bond motifs is 1. The first-order valence-corrected chi connectivity index (χ1v) is 7.98. The number of rotatable bonds is 4. The van der Waals surface area contributed by atoms with Gasteiger partial charge in [-0.1, -0.05) is 6.07 Å². The van der Waals surface area contributed by atoms with Crippen molar-refractivity contribution in [1.82, 2.24) is 29.7 Å². The summed E-state index contributed by atoms with van der Waals surface area (Å²) in [6.45, 7) is 1.87. The van der Waals surface area contributed by atoms with E-state index < -0.39 is 0 Å². The number of nitrogens with one attached hydrogen (secondary N) is 2. The third kappa shape index (κ3) is 2.59. The predicted molar refractivity (Wildman–Crippen MR) is 99.3 cm³/mol. The van der Waals surface area contributed by atoms with Crippen molar-refractivity contribution in [3.8, 4) is 17.1 Å². The molecule has 0 bridgehead atoms. The zero-order valence-corrected chi connectivity index (χ0v) is 14.6. The Morgan fingerprint density at radius 2 is 2.08 bits per heavy atom. The maximum absolute atomic E-state index is 5.93. The molecule has 0 aliphatic rings. The number of hydrogen-bond acceptors (Lipinski definition) is 7. The zero-order valence-electron chi connectivity index (χ0n) is 14.6. The molecule has 132 valence electrons. The van der Waals surface area contributed by atoms with Crippen LogP contribution in [-0.2, 0) is 7.05 Å². The number of aromatic nitrogens is 6. The average molecular weight is 350 g/mol. The number of nitrogen functional groups attached to an aromatic ring is 1. The number of ether oxygens (including phenoxy) is 1. The van der Waals surface area contributed by atoms with Crippen LogP contribution in [0.4, 0.5) is 17.2 Å². The van der Waals surface area contributed by atoms with Crippen molar-refractivity contribution in [3.05, 3.63) is 36.4 Å². The van der Waals surface area contributed by atoms with Crippen LogP contribution in [0.2, 0.25) is 0 Å². The van der Waals surface area contributed by atoms with E-state index in [2.05, 4.69) is 30.4 Å². The number of H-pyrrole nitrogens is 1. The van der Waals surface area contributed by atoms with Crippen LogP contribution in [0.1, 0.15) is 5.82 Å². The van der Waals surface area contributed by atoms with Crippen molar-refractivity contribution in [2.75, 3.05) is 18.2 Å². The smallest absolute Gasteiger partial charge is 0.161 e. The van der Waals surface area contributed by atoms with Crippen LogP contribution >= 0.6 is 0 Å². The molecule has 0 fully saturated rings. The minimum atomic E-state index is 0.395. The summed E-state index contributed by atoms with van der Waals surface area (Å²) in [6, 6.07) is 7.52. The van der Waals surface area contributed by atoms with E-state index in [0.717, 1.165) is 22.8 Å². The Balaban J connectivity index is 1.84. The quantitative estimate of drug-likeness (QED) is 0.517. The van der Waals surface area contributed by atoms with Crippen molar-refractivity contribution in [2.24, 2.45) is 7.05 Å². The number of pyridine rings is 1. The topological polar surface area (TPSA) is 120 Å². The molecule has 0 spiro atoms. The van der Waals surface area contributed by atoms with E-state index in [-0.39, 0.29) is 0 Å². The molecule has 0 saturated heterocycles. The lowest BCUT2D eigenvalue weighted by Crippen LogP contribution is -2.01. The van der Waals surface area contributed by atoms with E-state index in [1.807, 2.05) is 32.2 Å². The van der Waals surface area contributed by atoms with Gasteiger partial charge in [0.2, 0.25) is 0 Å². The molecular formula is C17H18N8O. The number of benzene rings is 1. The number of para-hydroxylation sites is 1. The molecule has 3 aromatic heterocycles. The maximum Gasteiger partial charge on any atom is 0.161 e. The summed E-state index contributed by atoms with van der Waals surface area (Å²) >= 11 is 0. The highest BCUT2D eigenvalue weighted by Gasteiger charge is 2.16. The average Bonchev–Trinajstić information content (AvgIpc) is 3.19. The Bertz CT molecular complexity index is 1100. The van der Waals surface area contributed by atoms with Gasteiger partial charge < -0.3 is 20.8 Å². The lowest BCUT2D eigenvalue weighted by molar-refractivity contribution is 0.418. The van der Waals surface area contributed by atoms with Crippen LogP contribution in [0, 0.1) is 6.92 Å². The molecule has 0 unspecified atom stereocenters. The highest BCUT2D eigenvalue weighted by Crippen LogP contribution is 2.37. The fraction of sp³-hybridized carbons (Fsp3) is 0.176. The van der Waals surface area contributed by atoms with Gasteiger partial charge in [0.25, 0.3) is 0 Å². The Kier molecular flexibility index (Phi) is 3.68. The third-order valence-corrected chi connectivity index (χ3v) is 4.03. The first-order chi connectivity index (χ1) is 12.6. The van der Waals surface area contributed by atoms with Gasteiger partial charge in [0, 0.05) is 13.1 Å². The van der Waals surface area contributed by atoms with E-state index in [4.69, 9.17) is 10.5 Å². The summed E-state index contributed by atoms with van der Waals surface area (Å²) in [7, 11) is 3.46.